The molecule has 0 aliphatic heterocycles. The number of amides is 1. The van der Waals surface area contributed by atoms with Gasteiger partial charge in [-0.1, -0.05) is 30.3 Å². The van der Waals surface area contributed by atoms with Crippen LogP contribution in [0.15, 0.2) is 66.7 Å². The topological polar surface area (TPSA) is 84.4 Å². The van der Waals surface area contributed by atoms with Crippen LogP contribution in [0.25, 0.3) is 0 Å². The molecule has 7 heteroatoms. The van der Waals surface area contributed by atoms with Crippen LogP contribution in [0.1, 0.15) is 20.8 Å². The Morgan fingerprint density at radius 2 is 1.63 bits per heavy atom. The zero-order valence-electron chi connectivity index (χ0n) is 14.9. The lowest BCUT2D eigenvalue weighted by atomic mass is 10.2. The largest absolute Gasteiger partial charge is 0.465 e. The number of carbonyl (C=O) groups excluding carboxylic acids is 2. The number of ether oxygens (including phenoxy) is 1. The first-order chi connectivity index (χ1) is 13.1. The van der Waals surface area contributed by atoms with E-state index < -0.39 is 5.97 Å². The first-order valence-corrected chi connectivity index (χ1v) is 8.21. The number of para-hydroxylation sites is 2. The highest BCUT2D eigenvalue weighted by Crippen LogP contribution is 2.20. The number of methoxy groups -OCH3 is 1. The lowest BCUT2D eigenvalue weighted by molar-refractivity contribution is 0.0601. The summed E-state index contributed by atoms with van der Waals surface area (Å²) in [6, 6.07) is 19.4. The zero-order valence-corrected chi connectivity index (χ0v) is 14.9. The Balaban J connectivity index is 1.77. The maximum absolute atomic E-state index is 12.5. The van der Waals surface area contributed by atoms with Gasteiger partial charge < -0.3 is 15.0 Å². The molecule has 1 aromatic heterocycles. The van der Waals surface area contributed by atoms with E-state index in [4.69, 9.17) is 4.74 Å². The maximum Gasteiger partial charge on any atom is 0.339 e. The van der Waals surface area contributed by atoms with E-state index in [9.17, 15) is 9.59 Å². The number of hydrogen-bond donors (Lipinski definition) is 1. The molecule has 0 fully saturated rings. The highest BCUT2D eigenvalue weighted by atomic mass is 16.5. The van der Waals surface area contributed by atoms with Crippen molar-refractivity contribution < 1.29 is 14.3 Å². The van der Waals surface area contributed by atoms with Crippen LogP contribution in [0.2, 0.25) is 0 Å². The number of rotatable bonds is 5. The van der Waals surface area contributed by atoms with Crippen LogP contribution in [0.3, 0.4) is 0 Å². The molecule has 0 bridgehead atoms. The number of nitrogens with one attached hydrogen (secondary N) is 1. The van der Waals surface area contributed by atoms with Crippen LogP contribution in [-0.4, -0.2) is 36.2 Å². The molecule has 1 amide bonds. The molecule has 136 valence electrons. The third-order valence-corrected chi connectivity index (χ3v) is 3.93. The predicted molar refractivity (Wildman–Crippen MR) is 102 cm³/mol. The summed E-state index contributed by atoms with van der Waals surface area (Å²) < 4.78 is 4.77. The Kier molecular flexibility index (Phi) is 5.41. The minimum Gasteiger partial charge on any atom is -0.465 e. The predicted octanol–water partition coefficient (Wildman–Crippen LogP) is 3.28. The van der Waals surface area contributed by atoms with Gasteiger partial charge in [-0.3, -0.25) is 4.79 Å². The molecule has 7 nitrogen and oxygen atoms in total. The fourth-order valence-electron chi connectivity index (χ4n) is 2.47. The van der Waals surface area contributed by atoms with E-state index >= 15 is 0 Å². The second-order valence-corrected chi connectivity index (χ2v) is 5.67. The fourth-order valence-corrected chi connectivity index (χ4v) is 2.47. The molecule has 0 spiro atoms. The minimum absolute atomic E-state index is 0.216. The van der Waals surface area contributed by atoms with E-state index in [0.29, 0.717) is 17.1 Å². The van der Waals surface area contributed by atoms with Crippen molar-refractivity contribution in [1.82, 2.24) is 10.2 Å². The van der Waals surface area contributed by atoms with Gasteiger partial charge in [-0.15, -0.1) is 10.2 Å². The number of nitrogens with zero attached hydrogens (tertiary/aromatic N) is 3. The number of aromatic nitrogens is 2. The first-order valence-electron chi connectivity index (χ1n) is 8.21. The summed E-state index contributed by atoms with van der Waals surface area (Å²) >= 11 is 0. The molecule has 0 saturated heterocycles. The second-order valence-electron chi connectivity index (χ2n) is 5.67. The molecule has 3 rings (SSSR count). The molecule has 3 aromatic rings. The Labute approximate surface area is 156 Å². The van der Waals surface area contributed by atoms with Gasteiger partial charge in [-0.2, -0.15) is 0 Å². The van der Waals surface area contributed by atoms with Gasteiger partial charge in [-0.05, 0) is 36.4 Å². The Morgan fingerprint density at radius 1 is 0.926 bits per heavy atom. The summed E-state index contributed by atoms with van der Waals surface area (Å²) in [4.78, 5) is 25.9. The average molecular weight is 362 g/mol. The third kappa shape index (κ3) is 4.09. The van der Waals surface area contributed by atoms with Gasteiger partial charge >= 0.3 is 5.97 Å². The van der Waals surface area contributed by atoms with Crippen molar-refractivity contribution >= 4 is 29.1 Å². The van der Waals surface area contributed by atoms with E-state index in [0.717, 1.165) is 5.69 Å². The van der Waals surface area contributed by atoms with Crippen molar-refractivity contribution in [3.05, 3.63) is 78.0 Å². The Hall–Kier alpha value is -3.74. The Bertz CT molecular complexity index is 943. The maximum atomic E-state index is 12.5. The highest BCUT2D eigenvalue weighted by molar-refractivity contribution is 6.04. The highest BCUT2D eigenvalue weighted by Gasteiger charge is 2.16. The molecule has 1 heterocycles. The van der Waals surface area contributed by atoms with E-state index in [2.05, 4.69) is 15.5 Å². The van der Waals surface area contributed by atoms with Crippen molar-refractivity contribution in [3.8, 4) is 0 Å². The zero-order chi connectivity index (χ0) is 19.2. The molecular weight excluding hydrogens is 344 g/mol. The standard InChI is InChI=1S/C20H18N4O3/c1-24(14-8-4-3-5-9-14)19(25)17-12-13-18(23-22-17)21-16-11-7-6-10-15(16)20(26)27-2/h3-13H,1-2H3,(H,21,23). The fraction of sp³-hybridized carbons (Fsp3) is 0.100. The molecule has 0 unspecified atom stereocenters. The molecule has 27 heavy (non-hydrogen) atoms. The van der Waals surface area contributed by atoms with Crippen molar-refractivity contribution in [2.75, 3.05) is 24.4 Å². The summed E-state index contributed by atoms with van der Waals surface area (Å²) in [6.07, 6.45) is 0. The number of benzene rings is 2. The van der Waals surface area contributed by atoms with Gasteiger partial charge in [0.05, 0.1) is 18.4 Å². The van der Waals surface area contributed by atoms with Gasteiger partial charge in [-0.25, -0.2) is 4.79 Å². The van der Waals surface area contributed by atoms with Gasteiger partial charge in [0, 0.05) is 12.7 Å². The molecule has 0 saturated carbocycles. The van der Waals surface area contributed by atoms with Gasteiger partial charge in [0.1, 0.15) is 0 Å². The second kappa shape index (κ2) is 8.09. The molecule has 0 aliphatic carbocycles. The van der Waals surface area contributed by atoms with Crippen molar-refractivity contribution in [3.63, 3.8) is 0 Å². The van der Waals surface area contributed by atoms with Crippen molar-refractivity contribution in [2.45, 2.75) is 0 Å². The quantitative estimate of drug-likeness (QED) is 0.701. The van der Waals surface area contributed by atoms with E-state index in [1.807, 2.05) is 30.3 Å². The SMILES string of the molecule is COC(=O)c1ccccc1Nc1ccc(C(=O)N(C)c2ccccc2)nn1. The Morgan fingerprint density at radius 3 is 2.30 bits per heavy atom. The number of carbonyl (C=O) groups is 2. The summed E-state index contributed by atoms with van der Waals surface area (Å²) in [5.74, 6) is -0.317. The van der Waals surface area contributed by atoms with Crippen molar-refractivity contribution in [1.29, 1.82) is 0 Å². The number of anilines is 3. The molecule has 2 aromatic carbocycles. The van der Waals surface area contributed by atoms with Crippen LogP contribution in [0, 0.1) is 0 Å². The van der Waals surface area contributed by atoms with Gasteiger partial charge in [0.2, 0.25) is 0 Å². The normalized spacial score (nSPS) is 10.1. The first kappa shape index (κ1) is 18.1. The van der Waals surface area contributed by atoms with Gasteiger partial charge in [0.15, 0.2) is 11.5 Å². The van der Waals surface area contributed by atoms with Gasteiger partial charge in [0.25, 0.3) is 5.91 Å². The van der Waals surface area contributed by atoms with E-state index in [-0.39, 0.29) is 11.6 Å². The van der Waals surface area contributed by atoms with Crippen LogP contribution in [0.4, 0.5) is 17.2 Å². The smallest absolute Gasteiger partial charge is 0.339 e. The van der Waals surface area contributed by atoms with Crippen LogP contribution >= 0.6 is 0 Å². The summed E-state index contributed by atoms with van der Waals surface area (Å²) in [6.45, 7) is 0. The average Bonchev–Trinajstić information content (AvgIpc) is 2.73. The van der Waals surface area contributed by atoms with Crippen molar-refractivity contribution in [2.24, 2.45) is 0 Å². The van der Waals surface area contributed by atoms with Crippen LogP contribution < -0.4 is 10.2 Å². The van der Waals surface area contributed by atoms with Crippen LogP contribution in [0.5, 0.6) is 0 Å². The third-order valence-electron chi connectivity index (χ3n) is 3.93. The monoisotopic (exact) mass is 362 g/mol. The molecule has 0 aliphatic rings. The minimum atomic E-state index is -0.456. The van der Waals surface area contributed by atoms with Crippen LogP contribution in [-0.2, 0) is 4.74 Å². The molecule has 0 radical (unpaired) electrons. The summed E-state index contributed by atoms with van der Waals surface area (Å²) in [5.41, 5.74) is 1.90. The van der Waals surface area contributed by atoms with E-state index in [1.165, 1.54) is 12.0 Å². The van der Waals surface area contributed by atoms with E-state index in [1.54, 1.807) is 43.4 Å². The number of esters is 1. The molecule has 0 atom stereocenters. The molecule has 1 N–H and O–H groups in total. The molecular formula is C20H18N4O3. The lowest BCUT2D eigenvalue weighted by Crippen LogP contribution is -2.27. The lowest BCUT2D eigenvalue weighted by Gasteiger charge is -2.16. The summed E-state index contributed by atoms with van der Waals surface area (Å²) in [5, 5.41) is 11.0. The number of hydrogen-bond acceptors (Lipinski definition) is 6. The summed E-state index contributed by atoms with van der Waals surface area (Å²) in [7, 11) is 3.00.